The van der Waals surface area contributed by atoms with Gasteiger partial charge in [0.2, 0.25) is 10.0 Å². The van der Waals surface area contributed by atoms with Crippen molar-refractivity contribution in [3.63, 3.8) is 0 Å². The van der Waals surface area contributed by atoms with Gasteiger partial charge in [-0.1, -0.05) is 12.1 Å². The van der Waals surface area contributed by atoms with Crippen molar-refractivity contribution in [3.8, 4) is 0 Å². The molecule has 9 nitrogen and oxygen atoms in total. The zero-order chi connectivity index (χ0) is 19.9. The molecule has 0 aromatic heterocycles. The summed E-state index contributed by atoms with van der Waals surface area (Å²) < 4.78 is 44.3. The maximum atomic E-state index is 13.6. The summed E-state index contributed by atoms with van der Waals surface area (Å²) in [6.07, 6.45) is 0. The number of halogens is 1. The lowest BCUT2D eigenvalue weighted by Crippen LogP contribution is -2.45. The van der Waals surface area contributed by atoms with Gasteiger partial charge in [0.05, 0.1) is 0 Å². The highest BCUT2D eigenvalue weighted by molar-refractivity contribution is 7.89. The normalized spacial score (nSPS) is 12.3. The molecule has 0 aliphatic heterocycles. The van der Waals surface area contributed by atoms with Crippen LogP contribution in [0, 0.1) is 5.82 Å². The van der Waals surface area contributed by atoms with E-state index >= 15 is 0 Å². The number of esters is 1. The highest BCUT2D eigenvalue weighted by Gasteiger charge is 2.25. The molecule has 0 heterocycles. The van der Waals surface area contributed by atoms with Gasteiger partial charge >= 0.3 is 12.0 Å². The summed E-state index contributed by atoms with van der Waals surface area (Å²) in [5.41, 5.74) is 0. The molecule has 1 aromatic rings. The third-order valence-electron chi connectivity index (χ3n) is 2.83. The predicted octanol–water partition coefficient (Wildman–Crippen LogP) is 0.270. The summed E-state index contributed by atoms with van der Waals surface area (Å²) in [6, 6.07) is 2.32. The van der Waals surface area contributed by atoms with Crippen molar-refractivity contribution in [1.29, 1.82) is 0 Å². The van der Waals surface area contributed by atoms with Crippen LogP contribution in [0.15, 0.2) is 29.2 Å². The number of ether oxygens (including phenoxy) is 1. The number of benzene rings is 1. The van der Waals surface area contributed by atoms with Gasteiger partial charge in [-0.05, 0) is 32.9 Å². The Morgan fingerprint density at radius 1 is 1.15 bits per heavy atom. The standard InChI is InChI=1S/C15H20FN3O6S/c1-9(2)17-15(22)18-13(20)8-25-14(21)10(3)19-26(23,24)12-7-5-4-6-11(12)16/h4-7,9-10,19H,8H2,1-3H3,(H2,17,18,20,22)/t10-/m0/s1. The molecule has 0 spiro atoms. The second-order valence-electron chi connectivity index (χ2n) is 5.56. The Labute approximate surface area is 150 Å². The second kappa shape index (κ2) is 9.25. The van der Waals surface area contributed by atoms with Gasteiger partial charge in [0, 0.05) is 6.04 Å². The molecule has 0 radical (unpaired) electrons. The van der Waals surface area contributed by atoms with Crippen LogP contribution in [-0.2, 0) is 24.3 Å². The van der Waals surface area contributed by atoms with Crippen LogP contribution in [0.5, 0.6) is 0 Å². The number of hydrogen-bond acceptors (Lipinski definition) is 6. The van der Waals surface area contributed by atoms with E-state index in [9.17, 15) is 27.2 Å². The van der Waals surface area contributed by atoms with Crippen LogP contribution in [-0.4, -0.2) is 45.0 Å². The van der Waals surface area contributed by atoms with Gasteiger partial charge in [-0.15, -0.1) is 0 Å². The first-order valence-electron chi connectivity index (χ1n) is 7.56. The molecule has 3 amide bonds. The van der Waals surface area contributed by atoms with E-state index in [-0.39, 0.29) is 6.04 Å². The molecule has 0 saturated carbocycles. The van der Waals surface area contributed by atoms with E-state index in [1.165, 1.54) is 19.1 Å². The highest BCUT2D eigenvalue weighted by Crippen LogP contribution is 2.13. The largest absolute Gasteiger partial charge is 0.454 e. The predicted molar refractivity (Wildman–Crippen MR) is 89.0 cm³/mol. The van der Waals surface area contributed by atoms with Crippen LogP contribution in [0.3, 0.4) is 0 Å². The zero-order valence-electron chi connectivity index (χ0n) is 14.4. The first-order chi connectivity index (χ1) is 12.0. The van der Waals surface area contributed by atoms with Gasteiger partial charge in [0.25, 0.3) is 5.91 Å². The molecule has 0 fully saturated rings. The van der Waals surface area contributed by atoms with E-state index in [1.54, 1.807) is 13.8 Å². The summed E-state index contributed by atoms with van der Waals surface area (Å²) in [5.74, 6) is -2.93. The SMILES string of the molecule is CC(C)NC(=O)NC(=O)COC(=O)[C@H](C)NS(=O)(=O)c1ccccc1F. The van der Waals surface area contributed by atoms with Crippen molar-refractivity contribution in [3.05, 3.63) is 30.1 Å². The lowest BCUT2D eigenvalue weighted by molar-refractivity contribution is -0.149. The van der Waals surface area contributed by atoms with Crippen molar-refractivity contribution in [2.24, 2.45) is 0 Å². The van der Waals surface area contributed by atoms with E-state index in [0.717, 1.165) is 12.1 Å². The van der Waals surface area contributed by atoms with Crippen molar-refractivity contribution in [2.75, 3.05) is 6.61 Å². The fraction of sp³-hybridized carbons (Fsp3) is 0.400. The summed E-state index contributed by atoms with van der Waals surface area (Å²) in [6.45, 7) is 3.76. The number of amides is 3. The maximum Gasteiger partial charge on any atom is 0.324 e. The Bertz CT molecular complexity index is 781. The fourth-order valence-corrected chi connectivity index (χ4v) is 3.00. The van der Waals surface area contributed by atoms with Gasteiger partial charge in [-0.3, -0.25) is 14.9 Å². The minimum atomic E-state index is -4.30. The van der Waals surface area contributed by atoms with Crippen molar-refractivity contribution >= 4 is 27.9 Å². The van der Waals surface area contributed by atoms with Gasteiger partial charge < -0.3 is 10.1 Å². The smallest absolute Gasteiger partial charge is 0.324 e. The third-order valence-corrected chi connectivity index (χ3v) is 4.40. The average Bonchev–Trinajstić information content (AvgIpc) is 2.51. The van der Waals surface area contributed by atoms with E-state index in [1.807, 2.05) is 10.0 Å². The van der Waals surface area contributed by atoms with Gasteiger partial charge in [-0.25, -0.2) is 17.6 Å². The van der Waals surface area contributed by atoms with Gasteiger partial charge in [-0.2, -0.15) is 4.72 Å². The van der Waals surface area contributed by atoms with Crippen LogP contribution in [0.2, 0.25) is 0 Å². The summed E-state index contributed by atoms with van der Waals surface area (Å²) in [4.78, 5) is 33.9. The Kier molecular flexibility index (Phi) is 7.65. The van der Waals surface area contributed by atoms with E-state index in [4.69, 9.17) is 0 Å². The molecule has 26 heavy (non-hydrogen) atoms. The molecule has 144 valence electrons. The molecule has 0 aliphatic carbocycles. The highest BCUT2D eigenvalue weighted by atomic mass is 32.2. The molecule has 1 atom stereocenters. The third kappa shape index (κ3) is 6.76. The molecule has 1 aromatic carbocycles. The van der Waals surface area contributed by atoms with Crippen molar-refractivity contribution in [2.45, 2.75) is 37.8 Å². The molecular formula is C15H20FN3O6S. The zero-order valence-corrected chi connectivity index (χ0v) is 15.2. The monoisotopic (exact) mass is 389 g/mol. The van der Waals surface area contributed by atoms with Crippen molar-refractivity contribution < 1.29 is 31.9 Å². The number of nitrogens with one attached hydrogen (secondary N) is 3. The number of hydrogen-bond donors (Lipinski definition) is 3. The number of carbonyl (C=O) groups is 3. The molecular weight excluding hydrogens is 369 g/mol. The minimum absolute atomic E-state index is 0.196. The lowest BCUT2D eigenvalue weighted by Gasteiger charge is -2.14. The summed E-state index contributed by atoms with van der Waals surface area (Å²) in [7, 11) is -4.30. The molecule has 0 aliphatic rings. The minimum Gasteiger partial charge on any atom is -0.454 e. The topological polar surface area (TPSA) is 131 Å². The summed E-state index contributed by atoms with van der Waals surface area (Å²) >= 11 is 0. The lowest BCUT2D eigenvalue weighted by atomic mass is 10.3. The first-order valence-corrected chi connectivity index (χ1v) is 9.05. The quantitative estimate of drug-likeness (QED) is 0.574. The van der Waals surface area contributed by atoms with Crippen LogP contribution >= 0.6 is 0 Å². The van der Waals surface area contributed by atoms with Crippen LogP contribution in [0.1, 0.15) is 20.8 Å². The van der Waals surface area contributed by atoms with Gasteiger partial charge in [0.1, 0.15) is 16.8 Å². The van der Waals surface area contributed by atoms with E-state index in [2.05, 4.69) is 10.1 Å². The van der Waals surface area contributed by atoms with E-state index < -0.39 is 51.3 Å². The van der Waals surface area contributed by atoms with Crippen LogP contribution in [0.4, 0.5) is 9.18 Å². The van der Waals surface area contributed by atoms with Gasteiger partial charge in [0.15, 0.2) is 6.61 Å². The Morgan fingerprint density at radius 3 is 2.35 bits per heavy atom. The van der Waals surface area contributed by atoms with Crippen LogP contribution in [0.25, 0.3) is 0 Å². The average molecular weight is 389 g/mol. The Morgan fingerprint density at radius 2 is 1.77 bits per heavy atom. The number of rotatable bonds is 7. The first kappa shape index (κ1) is 21.5. The molecule has 0 unspecified atom stereocenters. The Hall–Kier alpha value is -2.53. The number of sulfonamides is 1. The molecule has 11 heteroatoms. The molecule has 3 N–H and O–H groups in total. The number of urea groups is 1. The molecule has 1 rings (SSSR count). The fourth-order valence-electron chi connectivity index (χ4n) is 1.73. The number of carbonyl (C=O) groups excluding carboxylic acids is 3. The van der Waals surface area contributed by atoms with Crippen molar-refractivity contribution in [1.82, 2.24) is 15.4 Å². The second-order valence-corrected chi connectivity index (χ2v) is 7.24. The number of imide groups is 1. The summed E-state index contributed by atoms with van der Waals surface area (Å²) in [5, 5.41) is 4.33. The molecule has 0 saturated heterocycles. The maximum absolute atomic E-state index is 13.6. The van der Waals surface area contributed by atoms with Crippen LogP contribution < -0.4 is 15.4 Å². The van der Waals surface area contributed by atoms with E-state index in [0.29, 0.717) is 0 Å². The molecule has 0 bridgehead atoms. The Balaban J connectivity index is 2.56.